The first-order valence-corrected chi connectivity index (χ1v) is 4.62. The van der Waals surface area contributed by atoms with Gasteiger partial charge < -0.3 is 5.32 Å². The summed E-state index contributed by atoms with van der Waals surface area (Å²) < 4.78 is 0. The Morgan fingerprint density at radius 1 is 1.64 bits per heavy atom. The Labute approximate surface area is 87.8 Å². The molecule has 0 atom stereocenters. The number of rotatable bonds is 4. The molecule has 0 radical (unpaired) electrons. The van der Waals surface area contributed by atoms with Crippen LogP contribution in [0.1, 0.15) is 12.8 Å². The van der Waals surface area contributed by atoms with Crippen LogP contribution < -0.4 is 5.32 Å². The SMILES string of the molecule is C=CCCC(=O)Nc1ccc(Cl)cn1. The maximum atomic E-state index is 11.2. The first-order chi connectivity index (χ1) is 6.72. The predicted molar refractivity (Wildman–Crippen MR) is 57.3 cm³/mol. The zero-order chi connectivity index (χ0) is 10.4. The maximum Gasteiger partial charge on any atom is 0.225 e. The summed E-state index contributed by atoms with van der Waals surface area (Å²) in [7, 11) is 0. The molecule has 0 saturated carbocycles. The maximum absolute atomic E-state index is 11.2. The van der Waals surface area contributed by atoms with E-state index in [4.69, 9.17) is 11.6 Å². The molecular formula is C10H11ClN2O. The van der Waals surface area contributed by atoms with Crippen molar-refractivity contribution in [3.63, 3.8) is 0 Å². The van der Waals surface area contributed by atoms with Gasteiger partial charge >= 0.3 is 0 Å². The fraction of sp³-hybridized carbons (Fsp3) is 0.200. The van der Waals surface area contributed by atoms with E-state index in [1.807, 2.05) is 0 Å². The van der Waals surface area contributed by atoms with Gasteiger partial charge in [-0.2, -0.15) is 0 Å². The summed E-state index contributed by atoms with van der Waals surface area (Å²) in [6.45, 7) is 3.54. The number of hydrogen-bond acceptors (Lipinski definition) is 2. The summed E-state index contributed by atoms with van der Waals surface area (Å²) in [5, 5.41) is 3.20. The quantitative estimate of drug-likeness (QED) is 0.777. The molecule has 0 aliphatic heterocycles. The molecule has 0 fully saturated rings. The summed E-state index contributed by atoms with van der Waals surface area (Å²) in [5.41, 5.74) is 0. The highest BCUT2D eigenvalue weighted by Gasteiger charge is 2.01. The largest absolute Gasteiger partial charge is 0.311 e. The lowest BCUT2D eigenvalue weighted by Crippen LogP contribution is -2.11. The molecular weight excluding hydrogens is 200 g/mol. The second-order valence-corrected chi connectivity index (χ2v) is 3.17. The number of pyridine rings is 1. The van der Waals surface area contributed by atoms with Crippen molar-refractivity contribution in [2.24, 2.45) is 0 Å². The fourth-order valence-electron chi connectivity index (χ4n) is 0.888. The minimum atomic E-state index is -0.0697. The second kappa shape index (κ2) is 5.40. The van der Waals surface area contributed by atoms with Crippen LogP contribution in [-0.4, -0.2) is 10.9 Å². The standard InChI is InChI=1S/C10H11ClN2O/c1-2-3-4-10(14)13-9-6-5-8(11)7-12-9/h2,5-7H,1,3-4H2,(H,12,13,14). The van der Waals surface area contributed by atoms with Crippen LogP contribution in [0, 0.1) is 0 Å². The third-order valence-electron chi connectivity index (χ3n) is 1.57. The zero-order valence-corrected chi connectivity index (χ0v) is 8.42. The third-order valence-corrected chi connectivity index (χ3v) is 1.79. The number of nitrogens with one attached hydrogen (secondary N) is 1. The number of carbonyl (C=O) groups excluding carboxylic acids is 1. The Balaban J connectivity index is 2.47. The number of anilines is 1. The van der Waals surface area contributed by atoms with E-state index in [9.17, 15) is 4.79 Å². The molecule has 0 aliphatic carbocycles. The van der Waals surface area contributed by atoms with Crippen molar-refractivity contribution in [2.45, 2.75) is 12.8 Å². The summed E-state index contributed by atoms with van der Waals surface area (Å²) in [6, 6.07) is 3.34. The Kier molecular flexibility index (Phi) is 4.13. The lowest BCUT2D eigenvalue weighted by Gasteiger charge is -2.02. The molecule has 0 saturated heterocycles. The highest BCUT2D eigenvalue weighted by molar-refractivity contribution is 6.30. The van der Waals surface area contributed by atoms with Gasteiger partial charge in [-0.25, -0.2) is 4.98 Å². The van der Waals surface area contributed by atoms with Gasteiger partial charge in [-0.15, -0.1) is 6.58 Å². The van der Waals surface area contributed by atoms with Gasteiger partial charge in [-0.1, -0.05) is 17.7 Å². The number of hydrogen-bond donors (Lipinski definition) is 1. The van der Waals surface area contributed by atoms with Gasteiger partial charge in [0.15, 0.2) is 0 Å². The monoisotopic (exact) mass is 210 g/mol. The van der Waals surface area contributed by atoms with Crippen LogP contribution >= 0.6 is 11.6 Å². The van der Waals surface area contributed by atoms with E-state index in [2.05, 4.69) is 16.9 Å². The Morgan fingerprint density at radius 2 is 2.43 bits per heavy atom. The molecule has 1 N–H and O–H groups in total. The van der Waals surface area contributed by atoms with Crippen molar-refractivity contribution in [3.8, 4) is 0 Å². The van der Waals surface area contributed by atoms with Crippen LogP contribution in [0.25, 0.3) is 0 Å². The molecule has 74 valence electrons. The normalized spacial score (nSPS) is 9.50. The predicted octanol–water partition coefficient (Wildman–Crippen LogP) is 2.64. The topological polar surface area (TPSA) is 42.0 Å². The van der Waals surface area contributed by atoms with Gasteiger partial charge in [0, 0.05) is 12.6 Å². The molecule has 1 amide bonds. The Bertz CT molecular complexity index is 321. The minimum absolute atomic E-state index is 0.0697. The second-order valence-electron chi connectivity index (χ2n) is 2.74. The van der Waals surface area contributed by atoms with Crippen molar-refractivity contribution in [2.75, 3.05) is 5.32 Å². The molecule has 1 heterocycles. The molecule has 14 heavy (non-hydrogen) atoms. The number of nitrogens with zero attached hydrogens (tertiary/aromatic N) is 1. The van der Waals surface area contributed by atoms with Crippen LogP contribution in [0.15, 0.2) is 31.0 Å². The molecule has 0 unspecified atom stereocenters. The molecule has 0 aromatic carbocycles. The van der Waals surface area contributed by atoms with Crippen LogP contribution in [-0.2, 0) is 4.79 Å². The van der Waals surface area contributed by atoms with E-state index in [1.54, 1.807) is 18.2 Å². The van der Waals surface area contributed by atoms with Gasteiger partial charge in [0.1, 0.15) is 5.82 Å². The minimum Gasteiger partial charge on any atom is -0.311 e. The summed E-state index contributed by atoms with van der Waals surface area (Å²) in [4.78, 5) is 15.2. The molecule has 1 aromatic heterocycles. The average Bonchev–Trinajstić information content (AvgIpc) is 2.18. The first kappa shape index (κ1) is 10.7. The van der Waals surface area contributed by atoms with E-state index in [0.29, 0.717) is 23.7 Å². The molecule has 0 spiro atoms. The summed E-state index contributed by atoms with van der Waals surface area (Å²) in [6.07, 6.45) is 4.28. The smallest absolute Gasteiger partial charge is 0.225 e. The average molecular weight is 211 g/mol. The van der Waals surface area contributed by atoms with Gasteiger partial charge in [-0.3, -0.25) is 4.79 Å². The lowest BCUT2D eigenvalue weighted by atomic mass is 10.3. The van der Waals surface area contributed by atoms with Crippen LogP contribution in [0.5, 0.6) is 0 Å². The third kappa shape index (κ3) is 3.58. The van der Waals surface area contributed by atoms with E-state index in [-0.39, 0.29) is 5.91 Å². The van der Waals surface area contributed by atoms with Gasteiger partial charge in [0.05, 0.1) is 5.02 Å². The number of amides is 1. The molecule has 4 heteroatoms. The Hall–Kier alpha value is -1.35. The number of halogens is 1. The lowest BCUT2D eigenvalue weighted by molar-refractivity contribution is -0.116. The highest BCUT2D eigenvalue weighted by Crippen LogP contribution is 2.09. The van der Waals surface area contributed by atoms with Crippen molar-refractivity contribution in [1.29, 1.82) is 0 Å². The molecule has 0 bridgehead atoms. The molecule has 0 aliphatic rings. The van der Waals surface area contributed by atoms with Crippen molar-refractivity contribution >= 4 is 23.3 Å². The van der Waals surface area contributed by atoms with Crippen LogP contribution in [0.2, 0.25) is 5.02 Å². The first-order valence-electron chi connectivity index (χ1n) is 4.24. The van der Waals surface area contributed by atoms with E-state index in [1.165, 1.54) is 6.20 Å². The van der Waals surface area contributed by atoms with E-state index >= 15 is 0 Å². The van der Waals surface area contributed by atoms with E-state index in [0.717, 1.165) is 0 Å². The number of carbonyl (C=O) groups is 1. The zero-order valence-electron chi connectivity index (χ0n) is 7.66. The summed E-state index contributed by atoms with van der Waals surface area (Å²) >= 11 is 5.64. The van der Waals surface area contributed by atoms with Gasteiger partial charge in [-0.05, 0) is 18.6 Å². The molecule has 1 aromatic rings. The molecule has 1 rings (SSSR count). The molecule has 3 nitrogen and oxygen atoms in total. The Morgan fingerprint density at radius 3 is 3.00 bits per heavy atom. The van der Waals surface area contributed by atoms with Crippen LogP contribution in [0.4, 0.5) is 5.82 Å². The number of aromatic nitrogens is 1. The van der Waals surface area contributed by atoms with Crippen LogP contribution in [0.3, 0.4) is 0 Å². The highest BCUT2D eigenvalue weighted by atomic mass is 35.5. The van der Waals surface area contributed by atoms with Crippen molar-refractivity contribution in [1.82, 2.24) is 4.98 Å². The summed E-state index contributed by atoms with van der Waals surface area (Å²) in [5.74, 6) is 0.447. The number of allylic oxidation sites excluding steroid dienone is 1. The fourth-order valence-corrected chi connectivity index (χ4v) is 1.00. The van der Waals surface area contributed by atoms with Gasteiger partial charge in [0.25, 0.3) is 0 Å². The van der Waals surface area contributed by atoms with E-state index < -0.39 is 0 Å². The van der Waals surface area contributed by atoms with Crippen molar-refractivity contribution < 1.29 is 4.79 Å². The van der Waals surface area contributed by atoms with Gasteiger partial charge in [0.2, 0.25) is 5.91 Å². The van der Waals surface area contributed by atoms with Crippen molar-refractivity contribution in [3.05, 3.63) is 36.0 Å².